The Balaban J connectivity index is 1.11. The van der Waals surface area contributed by atoms with Crippen LogP contribution >= 0.6 is 0 Å². The lowest BCUT2D eigenvalue weighted by atomic mass is 10.1. The number of halogens is 1. The molecule has 1 atom stereocenters. The van der Waals surface area contributed by atoms with E-state index in [9.17, 15) is 18.8 Å². The smallest absolute Gasteiger partial charge is 0.264 e. The molecule has 1 unspecified atom stereocenters. The highest BCUT2D eigenvalue weighted by Gasteiger charge is 2.29. The quantitative estimate of drug-likeness (QED) is 0.320. The normalized spacial score (nSPS) is 17.5. The Kier molecular flexibility index (Phi) is 7.85. The molecule has 2 saturated heterocycles. The fourth-order valence-corrected chi connectivity index (χ4v) is 5.77. The van der Waals surface area contributed by atoms with E-state index in [4.69, 9.17) is 5.26 Å². The van der Waals surface area contributed by atoms with Crippen molar-refractivity contribution in [2.75, 3.05) is 36.4 Å². The number of rotatable bonds is 7. The van der Waals surface area contributed by atoms with Crippen LogP contribution in [0.15, 0.2) is 71.8 Å². The lowest BCUT2D eigenvalue weighted by molar-refractivity contribution is -0.135. The van der Waals surface area contributed by atoms with Crippen LogP contribution in [-0.2, 0) is 22.7 Å². The number of hydrogen-bond acceptors (Lipinski definition) is 8. The van der Waals surface area contributed by atoms with Crippen molar-refractivity contribution >= 4 is 34.1 Å². The number of fused-ring (bicyclic) bond motifs is 1. The van der Waals surface area contributed by atoms with Gasteiger partial charge in [0.05, 0.1) is 34.6 Å². The van der Waals surface area contributed by atoms with Crippen LogP contribution in [0, 0.1) is 17.1 Å². The van der Waals surface area contributed by atoms with Crippen molar-refractivity contribution in [3.63, 3.8) is 0 Å². The molecular weight excluding hydrogens is 549 g/mol. The predicted octanol–water partition coefficient (Wildman–Crippen LogP) is 3.32. The highest BCUT2D eigenvalue weighted by Crippen LogP contribution is 2.24. The summed E-state index contributed by atoms with van der Waals surface area (Å²) in [6, 6.07) is 19.4. The van der Waals surface area contributed by atoms with Crippen LogP contribution in [0.25, 0.3) is 10.9 Å². The summed E-state index contributed by atoms with van der Waals surface area (Å²) in [5.74, 6) is -1.21. The number of nitrogens with zero attached hydrogens (tertiary/aromatic N) is 5. The van der Waals surface area contributed by atoms with Crippen LogP contribution in [0.5, 0.6) is 0 Å². The number of nitriles is 1. The lowest BCUT2D eigenvalue weighted by Crippen LogP contribution is -2.46. The minimum atomic E-state index is -0.781. The fraction of sp³-hybridized carbons (Fsp3) is 0.281. The molecule has 10 nitrogen and oxygen atoms in total. The summed E-state index contributed by atoms with van der Waals surface area (Å²) >= 11 is 0. The molecule has 0 spiro atoms. The van der Waals surface area contributed by atoms with Gasteiger partial charge in [0, 0.05) is 51.4 Å². The summed E-state index contributed by atoms with van der Waals surface area (Å²) in [5, 5.41) is 15.1. The van der Waals surface area contributed by atoms with Gasteiger partial charge in [-0.25, -0.2) is 9.37 Å². The van der Waals surface area contributed by atoms with Gasteiger partial charge in [-0.05, 0) is 47.9 Å². The summed E-state index contributed by atoms with van der Waals surface area (Å²) in [6.45, 7) is 4.18. The fourth-order valence-electron chi connectivity index (χ4n) is 5.77. The number of carbonyl (C=O) groups excluding carboxylic acids is 2. The first-order valence-electron chi connectivity index (χ1n) is 14.2. The van der Waals surface area contributed by atoms with Gasteiger partial charge in [-0.1, -0.05) is 30.3 Å². The molecule has 43 heavy (non-hydrogen) atoms. The van der Waals surface area contributed by atoms with Crippen molar-refractivity contribution in [2.24, 2.45) is 0 Å². The Morgan fingerprint density at radius 2 is 1.79 bits per heavy atom. The monoisotopic (exact) mass is 579 g/mol. The maximum Gasteiger partial charge on any atom is 0.264 e. The zero-order valence-corrected chi connectivity index (χ0v) is 23.4. The average molecular weight is 580 g/mol. The first-order chi connectivity index (χ1) is 20.9. The number of aromatic nitrogens is 2. The number of piperazine rings is 1. The van der Waals surface area contributed by atoms with E-state index in [0.717, 1.165) is 30.8 Å². The number of imide groups is 1. The van der Waals surface area contributed by atoms with Gasteiger partial charge < -0.3 is 10.2 Å². The minimum Gasteiger partial charge on any atom is -0.380 e. The van der Waals surface area contributed by atoms with Crippen LogP contribution in [0.1, 0.15) is 35.6 Å². The Morgan fingerprint density at radius 1 is 1.00 bits per heavy atom. The molecule has 6 rings (SSSR count). The van der Waals surface area contributed by atoms with Gasteiger partial charge in [0.25, 0.3) is 5.56 Å². The standard InChI is InChI=1S/C32H30FN7O3/c33-24-16-21(17-34)7-8-27(24)39-13-11-38(12-14-39)19-23-4-1-3-22(15-23)18-35-25-5-2-6-26-30(25)32(43)40(20-36-26)28-9-10-29(41)37-31(28)42/h1-8,15-16,20,28,35H,9-14,18-19H2,(H,37,41,42). The number of hydrogen-bond donors (Lipinski definition) is 2. The zero-order chi connectivity index (χ0) is 29.9. The van der Waals surface area contributed by atoms with Crippen molar-refractivity contribution in [1.82, 2.24) is 19.8 Å². The average Bonchev–Trinajstić information content (AvgIpc) is 3.01. The van der Waals surface area contributed by atoms with E-state index in [-0.39, 0.29) is 30.1 Å². The lowest BCUT2D eigenvalue weighted by Gasteiger charge is -2.36. The van der Waals surface area contributed by atoms with E-state index in [1.165, 1.54) is 17.0 Å². The first-order valence-corrected chi connectivity index (χ1v) is 14.2. The summed E-state index contributed by atoms with van der Waals surface area (Å²) in [4.78, 5) is 46.3. The largest absolute Gasteiger partial charge is 0.380 e. The molecule has 2 N–H and O–H groups in total. The SMILES string of the molecule is N#Cc1ccc(N2CCN(Cc3cccc(CNc4cccc5ncn(C6CCC(=O)NC6=O)c(=O)c45)c3)CC2)c(F)c1. The Bertz CT molecular complexity index is 1810. The second kappa shape index (κ2) is 12.0. The van der Waals surface area contributed by atoms with Crippen molar-refractivity contribution in [2.45, 2.75) is 32.0 Å². The van der Waals surface area contributed by atoms with Crippen LogP contribution in [0.2, 0.25) is 0 Å². The molecular formula is C32H30FN7O3. The Hall–Kier alpha value is -5.08. The maximum atomic E-state index is 14.5. The highest BCUT2D eigenvalue weighted by atomic mass is 19.1. The molecule has 0 aliphatic carbocycles. The first kappa shape index (κ1) is 28.1. The third kappa shape index (κ3) is 5.96. The molecule has 0 bridgehead atoms. The molecule has 3 aromatic carbocycles. The molecule has 0 saturated carbocycles. The van der Waals surface area contributed by atoms with Gasteiger partial charge in [-0.2, -0.15) is 5.26 Å². The van der Waals surface area contributed by atoms with E-state index in [1.807, 2.05) is 35.2 Å². The van der Waals surface area contributed by atoms with Crippen molar-refractivity contribution in [3.8, 4) is 6.07 Å². The van der Waals surface area contributed by atoms with Crippen LogP contribution in [-0.4, -0.2) is 52.4 Å². The highest BCUT2D eigenvalue weighted by molar-refractivity contribution is 5.99. The maximum absolute atomic E-state index is 14.5. The summed E-state index contributed by atoms with van der Waals surface area (Å²) in [7, 11) is 0. The number of piperidine rings is 1. The molecule has 11 heteroatoms. The number of anilines is 2. The molecule has 2 amide bonds. The molecule has 1 aromatic heterocycles. The third-order valence-electron chi connectivity index (χ3n) is 8.03. The van der Waals surface area contributed by atoms with Crippen molar-refractivity contribution < 1.29 is 14.0 Å². The number of amides is 2. The van der Waals surface area contributed by atoms with Crippen LogP contribution < -0.4 is 21.1 Å². The van der Waals surface area contributed by atoms with Gasteiger partial charge in [0.1, 0.15) is 11.9 Å². The van der Waals surface area contributed by atoms with E-state index in [0.29, 0.717) is 47.5 Å². The summed E-state index contributed by atoms with van der Waals surface area (Å²) < 4.78 is 15.8. The second-order valence-corrected chi connectivity index (χ2v) is 10.8. The van der Waals surface area contributed by atoms with Crippen molar-refractivity contribution in [3.05, 3.63) is 99.9 Å². The number of carbonyl (C=O) groups is 2. The summed E-state index contributed by atoms with van der Waals surface area (Å²) in [5.41, 5.74) is 3.84. The van der Waals surface area contributed by atoms with Gasteiger partial charge in [0.15, 0.2) is 0 Å². The van der Waals surface area contributed by atoms with Gasteiger partial charge in [-0.3, -0.25) is 29.2 Å². The predicted molar refractivity (Wildman–Crippen MR) is 160 cm³/mol. The molecule has 2 fully saturated rings. The topological polar surface area (TPSA) is 123 Å². The third-order valence-corrected chi connectivity index (χ3v) is 8.03. The minimum absolute atomic E-state index is 0.169. The molecule has 3 heterocycles. The number of nitrogens with one attached hydrogen (secondary N) is 2. The van der Waals surface area contributed by atoms with Gasteiger partial charge >= 0.3 is 0 Å². The Labute approximate surface area is 247 Å². The van der Waals surface area contributed by atoms with Crippen LogP contribution in [0.3, 0.4) is 0 Å². The molecule has 218 valence electrons. The van der Waals surface area contributed by atoms with E-state index in [1.54, 1.807) is 18.2 Å². The summed E-state index contributed by atoms with van der Waals surface area (Å²) in [6.07, 6.45) is 1.79. The van der Waals surface area contributed by atoms with E-state index < -0.39 is 11.9 Å². The van der Waals surface area contributed by atoms with E-state index >= 15 is 0 Å². The van der Waals surface area contributed by atoms with Gasteiger partial charge in [-0.15, -0.1) is 0 Å². The van der Waals surface area contributed by atoms with Crippen LogP contribution in [0.4, 0.5) is 15.8 Å². The molecule has 4 aromatic rings. The van der Waals surface area contributed by atoms with Gasteiger partial charge in [0.2, 0.25) is 11.8 Å². The Morgan fingerprint density at radius 3 is 2.56 bits per heavy atom. The zero-order valence-electron chi connectivity index (χ0n) is 23.4. The number of benzene rings is 3. The molecule has 0 radical (unpaired) electrons. The van der Waals surface area contributed by atoms with E-state index in [2.05, 4.69) is 32.7 Å². The second-order valence-electron chi connectivity index (χ2n) is 10.8. The molecule has 2 aliphatic rings. The van der Waals surface area contributed by atoms with Crippen molar-refractivity contribution in [1.29, 1.82) is 5.26 Å². The molecule has 2 aliphatic heterocycles.